The van der Waals surface area contributed by atoms with Gasteiger partial charge in [0.15, 0.2) is 0 Å². The molecule has 2 nitrogen and oxygen atoms in total. The number of benzene rings is 2. The molecule has 1 aliphatic heterocycles. The predicted octanol–water partition coefficient (Wildman–Crippen LogP) is 3.68. The number of hydrogen-bond acceptors (Lipinski definition) is 2. The minimum absolute atomic E-state index is 0.675. The Morgan fingerprint density at radius 3 is 2.32 bits per heavy atom. The van der Waals surface area contributed by atoms with E-state index in [0.29, 0.717) is 6.04 Å². The van der Waals surface area contributed by atoms with Gasteiger partial charge in [-0.05, 0) is 36.0 Å². The molecule has 2 fully saturated rings. The highest BCUT2D eigenvalue weighted by molar-refractivity contribution is 5.63. The fourth-order valence-corrected chi connectivity index (χ4v) is 3.43. The molecular weight excluding hydrogens is 268 g/mol. The maximum absolute atomic E-state index is 3.73. The molecule has 1 saturated heterocycles. The largest absolute Gasteiger partial charge is 0.309 e. The molecule has 0 amide bonds. The van der Waals surface area contributed by atoms with E-state index in [-0.39, 0.29) is 0 Å². The summed E-state index contributed by atoms with van der Waals surface area (Å²) in [6.45, 7) is 3.51. The fourth-order valence-electron chi connectivity index (χ4n) is 3.43. The molecule has 4 rings (SSSR count). The summed E-state index contributed by atoms with van der Waals surface area (Å²) < 4.78 is 0. The van der Waals surface area contributed by atoms with Crippen molar-refractivity contribution >= 4 is 0 Å². The predicted molar refractivity (Wildman–Crippen MR) is 91.7 cm³/mol. The Kier molecular flexibility index (Phi) is 3.96. The van der Waals surface area contributed by atoms with Crippen LogP contribution in [0.5, 0.6) is 0 Å². The molecule has 1 aliphatic carbocycles. The molecule has 0 aromatic heterocycles. The Morgan fingerprint density at radius 2 is 1.59 bits per heavy atom. The molecule has 2 aromatic carbocycles. The van der Waals surface area contributed by atoms with Gasteiger partial charge in [0.1, 0.15) is 0 Å². The SMILES string of the molecule is c1ccc(-c2ccc(CNC3CCN(C4CC4)C3)cc2)cc1. The average Bonchev–Trinajstić information content (AvgIpc) is 3.33. The van der Waals surface area contributed by atoms with E-state index in [1.165, 1.54) is 49.0 Å². The van der Waals surface area contributed by atoms with Crippen molar-refractivity contribution < 1.29 is 0 Å². The van der Waals surface area contributed by atoms with Crippen LogP contribution in [0.3, 0.4) is 0 Å². The van der Waals surface area contributed by atoms with E-state index >= 15 is 0 Å². The van der Waals surface area contributed by atoms with Crippen LogP contribution in [0, 0.1) is 0 Å². The van der Waals surface area contributed by atoms with Crippen LogP contribution in [0.4, 0.5) is 0 Å². The number of likely N-dealkylation sites (tertiary alicyclic amines) is 1. The second-order valence-corrected chi connectivity index (χ2v) is 6.66. The van der Waals surface area contributed by atoms with Crippen molar-refractivity contribution in [2.75, 3.05) is 13.1 Å². The first-order valence-corrected chi connectivity index (χ1v) is 8.50. The van der Waals surface area contributed by atoms with Gasteiger partial charge in [-0.1, -0.05) is 54.6 Å². The molecular formula is C20H24N2. The van der Waals surface area contributed by atoms with Crippen LogP contribution in [-0.2, 0) is 6.54 Å². The maximum atomic E-state index is 3.73. The molecule has 0 radical (unpaired) electrons. The molecule has 22 heavy (non-hydrogen) atoms. The van der Waals surface area contributed by atoms with Crippen molar-refractivity contribution in [2.45, 2.75) is 37.9 Å². The molecule has 114 valence electrons. The number of nitrogens with one attached hydrogen (secondary N) is 1. The Bertz CT molecular complexity index is 601. The monoisotopic (exact) mass is 292 g/mol. The lowest BCUT2D eigenvalue weighted by atomic mass is 10.0. The molecule has 2 heteroatoms. The maximum Gasteiger partial charge on any atom is 0.0210 e. The summed E-state index contributed by atoms with van der Waals surface area (Å²) in [5, 5.41) is 3.73. The van der Waals surface area contributed by atoms with Gasteiger partial charge in [-0.15, -0.1) is 0 Å². The van der Waals surface area contributed by atoms with Crippen molar-refractivity contribution in [3.63, 3.8) is 0 Å². The fraction of sp³-hybridized carbons (Fsp3) is 0.400. The number of nitrogens with zero attached hydrogens (tertiary/aromatic N) is 1. The molecule has 1 atom stereocenters. The number of hydrogen-bond donors (Lipinski definition) is 1. The van der Waals surface area contributed by atoms with Gasteiger partial charge in [0.25, 0.3) is 0 Å². The van der Waals surface area contributed by atoms with E-state index in [1.54, 1.807) is 0 Å². The molecule has 2 aromatic rings. The van der Waals surface area contributed by atoms with Crippen LogP contribution in [0.25, 0.3) is 11.1 Å². The third-order valence-electron chi connectivity index (χ3n) is 4.94. The molecule has 1 heterocycles. The minimum atomic E-state index is 0.675. The molecule has 1 saturated carbocycles. The first-order chi connectivity index (χ1) is 10.9. The quantitative estimate of drug-likeness (QED) is 0.904. The summed E-state index contributed by atoms with van der Waals surface area (Å²) in [6, 6.07) is 21.1. The molecule has 0 bridgehead atoms. The second-order valence-electron chi connectivity index (χ2n) is 6.66. The lowest BCUT2D eigenvalue weighted by Gasteiger charge is -2.16. The third-order valence-corrected chi connectivity index (χ3v) is 4.94. The van der Waals surface area contributed by atoms with Crippen LogP contribution in [0.1, 0.15) is 24.8 Å². The minimum Gasteiger partial charge on any atom is -0.309 e. The Balaban J connectivity index is 1.32. The average molecular weight is 292 g/mol. The van der Waals surface area contributed by atoms with Gasteiger partial charge in [0.2, 0.25) is 0 Å². The third kappa shape index (κ3) is 3.23. The van der Waals surface area contributed by atoms with Gasteiger partial charge >= 0.3 is 0 Å². The summed E-state index contributed by atoms with van der Waals surface area (Å²) in [4.78, 5) is 2.66. The van der Waals surface area contributed by atoms with Crippen molar-refractivity contribution in [1.29, 1.82) is 0 Å². The van der Waals surface area contributed by atoms with Crippen molar-refractivity contribution in [1.82, 2.24) is 10.2 Å². The van der Waals surface area contributed by atoms with E-state index in [4.69, 9.17) is 0 Å². The van der Waals surface area contributed by atoms with E-state index in [9.17, 15) is 0 Å². The van der Waals surface area contributed by atoms with E-state index < -0.39 is 0 Å². The van der Waals surface area contributed by atoms with Crippen LogP contribution in [0.2, 0.25) is 0 Å². The zero-order valence-electron chi connectivity index (χ0n) is 13.0. The van der Waals surface area contributed by atoms with Gasteiger partial charge in [0, 0.05) is 31.7 Å². The Hall–Kier alpha value is -1.64. The van der Waals surface area contributed by atoms with Gasteiger partial charge < -0.3 is 5.32 Å². The zero-order valence-corrected chi connectivity index (χ0v) is 13.0. The van der Waals surface area contributed by atoms with Crippen molar-refractivity contribution in [3.8, 4) is 11.1 Å². The normalized spacial score (nSPS) is 22.1. The smallest absolute Gasteiger partial charge is 0.0210 e. The summed E-state index contributed by atoms with van der Waals surface area (Å²) >= 11 is 0. The van der Waals surface area contributed by atoms with Crippen LogP contribution in [-0.4, -0.2) is 30.1 Å². The summed E-state index contributed by atoms with van der Waals surface area (Å²) in [5.74, 6) is 0. The van der Waals surface area contributed by atoms with Crippen LogP contribution >= 0.6 is 0 Å². The standard InChI is InChI=1S/C20H24N2/c1-2-4-17(5-3-1)18-8-6-16(7-9-18)14-21-19-12-13-22(15-19)20-10-11-20/h1-9,19-21H,10-15H2. The summed E-state index contributed by atoms with van der Waals surface area (Å²) in [5.41, 5.74) is 3.97. The highest BCUT2D eigenvalue weighted by Crippen LogP contribution is 2.29. The first kappa shape index (κ1) is 14.0. The zero-order chi connectivity index (χ0) is 14.8. The van der Waals surface area contributed by atoms with E-state index in [1.807, 2.05) is 0 Å². The lowest BCUT2D eigenvalue weighted by Crippen LogP contribution is -2.32. The van der Waals surface area contributed by atoms with Crippen molar-refractivity contribution in [3.05, 3.63) is 60.2 Å². The molecule has 1 N–H and O–H groups in total. The second kappa shape index (κ2) is 6.23. The molecule has 0 spiro atoms. The highest BCUT2D eigenvalue weighted by Gasteiger charge is 2.33. The molecule has 2 aliphatic rings. The number of rotatable bonds is 5. The Morgan fingerprint density at radius 1 is 0.864 bits per heavy atom. The first-order valence-electron chi connectivity index (χ1n) is 8.50. The summed E-state index contributed by atoms with van der Waals surface area (Å²) in [7, 11) is 0. The van der Waals surface area contributed by atoms with Gasteiger partial charge in [-0.2, -0.15) is 0 Å². The molecule has 1 unspecified atom stereocenters. The van der Waals surface area contributed by atoms with Crippen LogP contribution < -0.4 is 5.32 Å². The van der Waals surface area contributed by atoms with E-state index in [2.05, 4.69) is 64.8 Å². The topological polar surface area (TPSA) is 15.3 Å². The van der Waals surface area contributed by atoms with Gasteiger partial charge in [-0.3, -0.25) is 4.90 Å². The van der Waals surface area contributed by atoms with E-state index in [0.717, 1.165) is 12.6 Å². The lowest BCUT2D eigenvalue weighted by molar-refractivity contribution is 0.317. The van der Waals surface area contributed by atoms with Gasteiger partial charge in [0.05, 0.1) is 0 Å². The summed E-state index contributed by atoms with van der Waals surface area (Å²) in [6.07, 6.45) is 4.15. The highest BCUT2D eigenvalue weighted by atomic mass is 15.2. The van der Waals surface area contributed by atoms with Crippen LogP contribution in [0.15, 0.2) is 54.6 Å². The van der Waals surface area contributed by atoms with Crippen molar-refractivity contribution in [2.24, 2.45) is 0 Å². The Labute approximate surface area is 133 Å². The van der Waals surface area contributed by atoms with Gasteiger partial charge in [-0.25, -0.2) is 0 Å².